The molecule has 0 saturated carbocycles. The van der Waals surface area contributed by atoms with E-state index in [2.05, 4.69) is 16.0 Å². The molecule has 0 spiro atoms. The molecule has 7 nitrogen and oxygen atoms in total. The summed E-state index contributed by atoms with van der Waals surface area (Å²) in [5, 5.41) is 8.23. The van der Waals surface area contributed by atoms with Crippen LogP contribution in [0.25, 0.3) is 0 Å². The Morgan fingerprint density at radius 3 is 2.79 bits per heavy atom. The highest BCUT2D eigenvalue weighted by Crippen LogP contribution is 2.29. The molecule has 0 bridgehead atoms. The molecule has 150 valence electrons. The van der Waals surface area contributed by atoms with E-state index in [9.17, 15) is 23.2 Å². The monoisotopic (exact) mass is 392 g/mol. The maximum absolute atomic E-state index is 13.5. The quantitative estimate of drug-likeness (QED) is 0.637. The molecule has 2 unspecified atom stereocenters. The first kappa shape index (κ1) is 18.9. The fourth-order valence-corrected chi connectivity index (χ4v) is 4.14. The summed E-state index contributed by atoms with van der Waals surface area (Å²) in [5.41, 5.74) is 0.862. The highest BCUT2D eigenvalue weighted by atomic mass is 19.3. The SMILES string of the molecule is O=C1CCC(N2Cc3cc(CNC4(C(F)F)CCNC4)ccc3C2=O)C(=O)N1. The number of benzene rings is 1. The summed E-state index contributed by atoms with van der Waals surface area (Å²) in [6.45, 7) is 1.32. The van der Waals surface area contributed by atoms with Crippen LogP contribution < -0.4 is 16.0 Å². The molecule has 3 aliphatic rings. The lowest BCUT2D eigenvalue weighted by Gasteiger charge is -2.29. The Morgan fingerprint density at radius 1 is 1.29 bits per heavy atom. The Morgan fingerprint density at radius 2 is 2.11 bits per heavy atom. The van der Waals surface area contributed by atoms with E-state index >= 15 is 0 Å². The topological polar surface area (TPSA) is 90.5 Å². The van der Waals surface area contributed by atoms with E-state index in [4.69, 9.17) is 0 Å². The lowest BCUT2D eigenvalue weighted by Crippen LogP contribution is -2.52. The Bertz CT molecular complexity index is 823. The first-order valence-electron chi connectivity index (χ1n) is 9.40. The fraction of sp³-hybridized carbons (Fsp3) is 0.526. The van der Waals surface area contributed by atoms with Crippen LogP contribution in [0.2, 0.25) is 0 Å². The Balaban J connectivity index is 1.46. The maximum Gasteiger partial charge on any atom is 0.257 e. The van der Waals surface area contributed by atoms with Gasteiger partial charge in [0.2, 0.25) is 11.8 Å². The molecule has 9 heteroatoms. The second kappa shape index (κ2) is 7.21. The molecule has 2 atom stereocenters. The molecular weight excluding hydrogens is 370 g/mol. The molecule has 2 saturated heterocycles. The van der Waals surface area contributed by atoms with E-state index in [1.807, 2.05) is 6.07 Å². The normalized spacial score (nSPS) is 27.5. The van der Waals surface area contributed by atoms with Crippen molar-refractivity contribution in [3.63, 3.8) is 0 Å². The fourth-order valence-electron chi connectivity index (χ4n) is 4.14. The van der Waals surface area contributed by atoms with E-state index in [1.165, 1.54) is 4.90 Å². The molecule has 1 aromatic carbocycles. The van der Waals surface area contributed by atoms with Gasteiger partial charge in [0.25, 0.3) is 12.3 Å². The van der Waals surface area contributed by atoms with Gasteiger partial charge in [-0.3, -0.25) is 19.7 Å². The standard InChI is InChI=1S/C19H22F2N4O3/c20-18(21)19(5-6-22-10-19)23-8-11-1-2-13-12(7-11)9-25(17(13)28)14-3-4-15(26)24-16(14)27/h1-2,7,14,18,22-23H,3-6,8-10H2,(H,24,26,27). The molecule has 3 amide bonds. The summed E-state index contributed by atoms with van der Waals surface area (Å²) >= 11 is 0. The molecule has 0 aliphatic carbocycles. The van der Waals surface area contributed by atoms with Crippen LogP contribution in [-0.2, 0) is 22.7 Å². The number of carbonyl (C=O) groups excluding carboxylic acids is 3. The Labute approximate surface area is 160 Å². The number of nitrogens with zero attached hydrogens (tertiary/aromatic N) is 1. The van der Waals surface area contributed by atoms with Crippen molar-refractivity contribution < 1.29 is 23.2 Å². The van der Waals surface area contributed by atoms with Crippen LogP contribution in [0.15, 0.2) is 18.2 Å². The largest absolute Gasteiger partial charge is 0.322 e. The van der Waals surface area contributed by atoms with Gasteiger partial charge in [-0.15, -0.1) is 0 Å². The smallest absolute Gasteiger partial charge is 0.257 e. The molecule has 2 fully saturated rings. The Hall–Kier alpha value is -2.39. The summed E-state index contributed by atoms with van der Waals surface area (Å²) in [7, 11) is 0. The Kier molecular flexibility index (Phi) is 4.88. The van der Waals surface area contributed by atoms with Crippen molar-refractivity contribution in [2.24, 2.45) is 0 Å². The third kappa shape index (κ3) is 3.29. The van der Waals surface area contributed by atoms with Crippen molar-refractivity contribution in [2.75, 3.05) is 13.1 Å². The molecule has 3 aliphatic heterocycles. The van der Waals surface area contributed by atoms with Gasteiger partial charge in [-0.05, 0) is 36.6 Å². The number of hydrogen-bond donors (Lipinski definition) is 3. The van der Waals surface area contributed by atoms with E-state index in [0.29, 0.717) is 24.9 Å². The van der Waals surface area contributed by atoms with Crippen LogP contribution >= 0.6 is 0 Å². The van der Waals surface area contributed by atoms with Crippen LogP contribution in [-0.4, -0.2) is 53.7 Å². The van der Waals surface area contributed by atoms with E-state index in [-0.39, 0.29) is 37.9 Å². The van der Waals surface area contributed by atoms with Gasteiger partial charge < -0.3 is 15.5 Å². The number of hydrogen-bond acceptors (Lipinski definition) is 5. The van der Waals surface area contributed by atoms with Gasteiger partial charge >= 0.3 is 0 Å². The number of nitrogens with one attached hydrogen (secondary N) is 3. The summed E-state index contributed by atoms with van der Waals surface area (Å²) in [6, 6.07) is 4.60. The van der Waals surface area contributed by atoms with Crippen molar-refractivity contribution >= 4 is 17.7 Å². The third-order valence-electron chi connectivity index (χ3n) is 5.84. The van der Waals surface area contributed by atoms with Crippen LogP contribution in [0.3, 0.4) is 0 Å². The molecule has 28 heavy (non-hydrogen) atoms. The summed E-state index contributed by atoms with van der Waals surface area (Å²) in [4.78, 5) is 37.6. The van der Waals surface area contributed by atoms with Crippen molar-refractivity contribution in [3.05, 3.63) is 34.9 Å². The molecule has 0 aromatic heterocycles. The number of imide groups is 1. The van der Waals surface area contributed by atoms with Gasteiger partial charge in [-0.25, -0.2) is 8.78 Å². The molecular formula is C19H22F2N4O3. The maximum atomic E-state index is 13.5. The number of alkyl halides is 2. The average molecular weight is 392 g/mol. The van der Waals surface area contributed by atoms with E-state index in [1.54, 1.807) is 12.1 Å². The first-order chi connectivity index (χ1) is 13.4. The highest BCUT2D eigenvalue weighted by molar-refractivity contribution is 6.05. The predicted octanol–water partition coefficient (Wildman–Crippen LogP) is 0.534. The van der Waals surface area contributed by atoms with Crippen LogP contribution in [0.1, 0.15) is 40.7 Å². The lowest BCUT2D eigenvalue weighted by molar-refractivity contribution is -0.136. The first-order valence-corrected chi connectivity index (χ1v) is 9.40. The van der Waals surface area contributed by atoms with E-state index in [0.717, 1.165) is 11.1 Å². The number of rotatable bonds is 5. The van der Waals surface area contributed by atoms with Crippen LogP contribution in [0.5, 0.6) is 0 Å². The number of fused-ring (bicyclic) bond motifs is 1. The third-order valence-corrected chi connectivity index (χ3v) is 5.84. The number of halogens is 2. The second-order valence-electron chi connectivity index (χ2n) is 7.63. The minimum absolute atomic E-state index is 0.204. The lowest BCUT2D eigenvalue weighted by atomic mass is 9.98. The second-order valence-corrected chi connectivity index (χ2v) is 7.63. The summed E-state index contributed by atoms with van der Waals surface area (Å²) in [6.07, 6.45) is -1.60. The molecule has 3 heterocycles. The van der Waals surface area contributed by atoms with Gasteiger partial charge in [-0.2, -0.15) is 0 Å². The highest BCUT2D eigenvalue weighted by Gasteiger charge is 2.42. The van der Waals surface area contributed by atoms with Gasteiger partial charge in [0.05, 0.1) is 5.54 Å². The number of amides is 3. The van der Waals surface area contributed by atoms with Crippen molar-refractivity contribution in [2.45, 2.75) is 50.4 Å². The van der Waals surface area contributed by atoms with Crippen molar-refractivity contribution in [1.82, 2.24) is 20.9 Å². The number of carbonyl (C=O) groups is 3. The minimum atomic E-state index is -2.47. The van der Waals surface area contributed by atoms with Crippen LogP contribution in [0.4, 0.5) is 8.78 Å². The zero-order valence-corrected chi connectivity index (χ0v) is 15.3. The molecule has 0 radical (unpaired) electrons. The summed E-state index contributed by atoms with van der Waals surface area (Å²) in [5.74, 6) is -1.02. The zero-order valence-electron chi connectivity index (χ0n) is 15.3. The number of piperidine rings is 1. The van der Waals surface area contributed by atoms with Gasteiger partial charge in [0.1, 0.15) is 6.04 Å². The van der Waals surface area contributed by atoms with Gasteiger partial charge in [0, 0.05) is 31.6 Å². The molecule has 3 N–H and O–H groups in total. The van der Waals surface area contributed by atoms with Crippen LogP contribution in [0, 0.1) is 0 Å². The summed E-state index contributed by atoms with van der Waals surface area (Å²) < 4.78 is 26.9. The van der Waals surface area contributed by atoms with Crippen molar-refractivity contribution in [3.8, 4) is 0 Å². The average Bonchev–Trinajstić information content (AvgIpc) is 3.26. The zero-order chi connectivity index (χ0) is 19.9. The minimum Gasteiger partial charge on any atom is -0.322 e. The molecule has 4 rings (SSSR count). The van der Waals surface area contributed by atoms with Crippen molar-refractivity contribution in [1.29, 1.82) is 0 Å². The molecule has 1 aromatic rings. The van der Waals surface area contributed by atoms with E-state index < -0.39 is 23.9 Å². The predicted molar refractivity (Wildman–Crippen MR) is 95.5 cm³/mol. The van der Waals surface area contributed by atoms with Gasteiger partial charge in [-0.1, -0.05) is 12.1 Å². The van der Waals surface area contributed by atoms with Gasteiger partial charge in [0.15, 0.2) is 0 Å².